The number of carbonyl (C=O) groups excluding carboxylic acids is 1. The number of rotatable bonds is 5. The Labute approximate surface area is 132 Å². The molecule has 1 atom stereocenters. The van der Waals surface area contributed by atoms with Gasteiger partial charge in [-0.05, 0) is 58.8 Å². The summed E-state index contributed by atoms with van der Waals surface area (Å²) in [5.41, 5.74) is 1.70. The standard InChI is InChI=1S/C16H16INO2/c17-14-8-6-13(7-9-14)16(20)18-15(11-19)10-12-4-2-1-3-5-12/h1-9,15,19H,10-11H2,(H,18,20)/t15-/m1/s1. The molecular weight excluding hydrogens is 365 g/mol. The molecule has 2 aromatic rings. The molecule has 0 aliphatic carbocycles. The predicted molar refractivity (Wildman–Crippen MR) is 87.6 cm³/mol. The molecule has 1 amide bonds. The van der Waals surface area contributed by atoms with E-state index in [0.717, 1.165) is 9.13 Å². The zero-order chi connectivity index (χ0) is 14.4. The number of hydrogen-bond donors (Lipinski definition) is 2. The first-order chi connectivity index (χ1) is 9.69. The molecule has 0 bridgehead atoms. The molecular formula is C16H16INO2. The molecule has 2 aromatic carbocycles. The van der Waals surface area contributed by atoms with Gasteiger partial charge in [0.15, 0.2) is 0 Å². The highest BCUT2D eigenvalue weighted by atomic mass is 127. The zero-order valence-electron chi connectivity index (χ0n) is 10.9. The van der Waals surface area contributed by atoms with Crippen LogP contribution in [0.1, 0.15) is 15.9 Å². The number of aliphatic hydroxyl groups is 1. The summed E-state index contributed by atoms with van der Waals surface area (Å²) in [5, 5.41) is 12.3. The highest BCUT2D eigenvalue weighted by molar-refractivity contribution is 14.1. The second kappa shape index (κ2) is 7.40. The molecule has 2 rings (SSSR count). The van der Waals surface area contributed by atoms with Crippen LogP contribution >= 0.6 is 22.6 Å². The molecule has 0 fully saturated rings. The Morgan fingerprint density at radius 3 is 2.35 bits per heavy atom. The first-order valence-corrected chi connectivity index (χ1v) is 7.48. The third-order valence-electron chi connectivity index (χ3n) is 2.99. The van der Waals surface area contributed by atoms with E-state index in [9.17, 15) is 9.90 Å². The van der Waals surface area contributed by atoms with E-state index in [1.807, 2.05) is 42.5 Å². The SMILES string of the molecule is O=C(N[C@@H](CO)Cc1ccccc1)c1ccc(I)cc1. The van der Waals surface area contributed by atoms with Gasteiger partial charge in [0.25, 0.3) is 5.91 Å². The van der Waals surface area contributed by atoms with E-state index < -0.39 is 0 Å². The van der Waals surface area contributed by atoms with Crippen LogP contribution in [0.2, 0.25) is 0 Å². The van der Waals surface area contributed by atoms with Gasteiger partial charge in [-0.25, -0.2) is 0 Å². The van der Waals surface area contributed by atoms with E-state index in [4.69, 9.17) is 0 Å². The Balaban J connectivity index is 1.99. The Morgan fingerprint density at radius 1 is 1.10 bits per heavy atom. The first-order valence-electron chi connectivity index (χ1n) is 6.40. The zero-order valence-corrected chi connectivity index (χ0v) is 13.1. The molecule has 4 heteroatoms. The molecule has 0 radical (unpaired) electrons. The highest BCUT2D eigenvalue weighted by Gasteiger charge is 2.13. The van der Waals surface area contributed by atoms with E-state index in [-0.39, 0.29) is 18.6 Å². The van der Waals surface area contributed by atoms with Crippen LogP contribution < -0.4 is 5.32 Å². The summed E-state index contributed by atoms with van der Waals surface area (Å²) < 4.78 is 1.09. The summed E-state index contributed by atoms with van der Waals surface area (Å²) in [7, 11) is 0. The highest BCUT2D eigenvalue weighted by Crippen LogP contribution is 2.08. The summed E-state index contributed by atoms with van der Waals surface area (Å²) in [5.74, 6) is -0.156. The largest absolute Gasteiger partial charge is 0.394 e. The molecule has 0 saturated carbocycles. The average Bonchev–Trinajstić information content (AvgIpc) is 2.48. The summed E-state index contributed by atoms with van der Waals surface area (Å²) in [6, 6.07) is 16.9. The van der Waals surface area contributed by atoms with Crippen LogP contribution in [0.25, 0.3) is 0 Å². The smallest absolute Gasteiger partial charge is 0.251 e. The van der Waals surface area contributed by atoms with Crippen molar-refractivity contribution in [2.45, 2.75) is 12.5 Å². The Bertz CT molecular complexity index is 554. The lowest BCUT2D eigenvalue weighted by Gasteiger charge is -2.16. The Kier molecular flexibility index (Phi) is 5.55. The third kappa shape index (κ3) is 4.31. The lowest BCUT2D eigenvalue weighted by molar-refractivity contribution is 0.0916. The third-order valence-corrected chi connectivity index (χ3v) is 3.71. The normalized spacial score (nSPS) is 11.9. The predicted octanol–water partition coefficient (Wildman–Crippen LogP) is 2.62. The minimum Gasteiger partial charge on any atom is -0.394 e. The molecule has 2 N–H and O–H groups in total. The number of hydrogen-bond acceptors (Lipinski definition) is 2. The van der Waals surface area contributed by atoms with E-state index in [1.165, 1.54) is 0 Å². The summed E-state index contributed by atoms with van der Waals surface area (Å²) in [6.45, 7) is -0.0784. The number of aliphatic hydroxyl groups excluding tert-OH is 1. The molecule has 0 heterocycles. The topological polar surface area (TPSA) is 49.3 Å². The van der Waals surface area contributed by atoms with Crippen LogP contribution in [-0.4, -0.2) is 23.7 Å². The van der Waals surface area contributed by atoms with Gasteiger partial charge in [0.1, 0.15) is 0 Å². The van der Waals surface area contributed by atoms with Crippen molar-refractivity contribution in [3.8, 4) is 0 Å². The van der Waals surface area contributed by atoms with E-state index in [2.05, 4.69) is 27.9 Å². The van der Waals surface area contributed by atoms with E-state index >= 15 is 0 Å². The van der Waals surface area contributed by atoms with Crippen molar-refractivity contribution in [2.24, 2.45) is 0 Å². The van der Waals surface area contributed by atoms with Gasteiger partial charge in [0.2, 0.25) is 0 Å². The van der Waals surface area contributed by atoms with E-state index in [0.29, 0.717) is 12.0 Å². The van der Waals surface area contributed by atoms with Crippen LogP contribution in [0, 0.1) is 3.57 Å². The van der Waals surface area contributed by atoms with Crippen molar-refractivity contribution >= 4 is 28.5 Å². The maximum atomic E-state index is 12.1. The molecule has 104 valence electrons. The molecule has 0 spiro atoms. The maximum absolute atomic E-state index is 12.1. The summed E-state index contributed by atoms with van der Waals surface area (Å²) in [6.07, 6.45) is 0.619. The van der Waals surface area contributed by atoms with Crippen molar-refractivity contribution in [2.75, 3.05) is 6.61 Å². The fraction of sp³-hybridized carbons (Fsp3) is 0.188. The fourth-order valence-electron chi connectivity index (χ4n) is 1.93. The summed E-state index contributed by atoms with van der Waals surface area (Å²) in [4.78, 5) is 12.1. The van der Waals surface area contributed by atoms with Crippen LogP contribution in [0.15, 0.2) is 54.6 Å². The number of nitrogens with one attached hydrogen (secondary N) is 1. The number of halogens is 1. The summed E-state index contributed by atoms with van der Waals surface area (Å²) >= 11 is 2.20. The Morgan fingerprint density at radius 2 is 1.75 bits per heavy atom. The average molecular weight is 381 g/mol. The lowest BCUT2D eigenvalue weighted by atomic mass is 10.1. The number of amides is 1. The van der Waals surface area contributed by atoms with Gasteiger partial charge in [-0.15, -0.1) is 0 Å². The van der Waals surface area contributed by atoms with Crippen molar-refractivity contribution in [3.63, 3.8) is 0 Å². The van der Waals surface area contributed by atoms with Crippen molar-refractivity contribution in [3.05, 3.63) is 69.3 Å². The van der Waals surface area contributed by atoms with Crippen molar-refractivity contribution < 1.29 is 9.90 Å². The van der Waals surface area contributed by atoms with Crippen molar-refractivity contribution in [1.29, 1.82) is 0 Å². The quantitative estimate of drug-likeness (QED) is 0.783. The van der Waals surface area contributed by atoms with Crippen LogP contribution in [0.3, 0.4) is 0 Å². The van der Waals surface area contributed by atoms with Gasteiger partial charge in [-0.2, -0.15) is 0 Å². The molecule has 0 aliphatic heterocycles. The first kappa shape index (κ1) is 15.0. The van der Waals surface area contributed by atoms with Gasteiger partial charge < -0.3 is 10.4 Å². The van der Waals surface area contributed by atoms with Crippen LogP contribution in [0.4, 0.5) is 0 Å². The number of benzene rings is 2. The van der Waals surface area contributed by atoms with Crippen molar-refractivity contribution in [1.82, 2.24) is 5.32 Å². The molecule has 0 aromatic heterocycles. The van der Waals surface area contributed by atoms with Gasteiger partial charge in [-0.3, -0.25) is 4.79 Å². The van der Waals surface area contributed by atoms with Gasteiger partial charge in [-0.1, -0.05) is 30.3 Å². The Hall–Kier alpha value is -1.40. The van der Waals surface area contributed by atoms with Gasteiger partial charge >= 0.3 is 0 Å². The maximum Gasteiger partial charge on any atom is 0.251 e. The monoisotopic (exact) mass is 381 g/mol. The minimum atomic E-state index is -0.274. The number of carbonyl (C=O) groups is 1. The molecule has 0 aliphatic rings. The molecule has 0 unspecified atom stereocenters. The molecule has 3 nitrogen and oxygen atoms in total. The minimum absolute atomic E-state index is 0.0784. The lowest BCUT2D eigenvalue weighted by Crippen LogP contribution is -2.39. The second-order valence-corrected chi connectivity index (χ2v) is 5.80. The van der Waals surface area contributed by atoms with Gasteiger partial charge in [0, 0.05) is 9.13 Å². The van der Waals surface area contributed by atoms with Crippen LogP contribution in [0.5, 0.6) is 0 Å². The van der Waals surface area contributed by atoms with Crippen LogP contribution in [-0.2, 0) is 6.42 Å². The fourth-order valence-corrected chi connectivity index (χ4v) is 2.29. The second-order valence-electron chi connectivity index (χ2n) is 4.55. The molecule has 20 heavy (non-hydrogen) atoms. The van der Waals surface area contributed by atoms with Gasteiger partial charge in [0.05, 0.1) is 12.6 Å². The van der Waals surface area contributed by atoms with E-state index in [1.54, 1.807) is 12.1 Å². The molecule has 0 saturated heterocycles.